The maximum absolute atomic E-state index is 15.4. The van der Waals surface area contributed by atoms with Gasteiger partial charge in [0.1, 0.15) is 0 Å². The molecule has 0 aliphatic carbocycles. The zero-order valence-corrected chi connectivity index (χ0v) is 51.9. The van der Waals surface area contributed by atoms with E-state index < -0.39 is 24.9 Å². The van der Waals surface area contributed by atoms with Gasteiger partial charge in [-0.1, -0.05) is 0 Å². The number of phenolic OH excluding ortho intramolecular Hbond substituents is 2. The Balaban J connectivity index is 0.00000456. The molecule has 0 bridgehead atoms. The predicted octanol–water partition coefficient (Wildman–Crippen LogP) is 18.3. The first-order valence-electron chi connectivity index (χ1n) is 24.7. The zero-order chi connectivity index (χ0) is 51.3. The van der Waals surface area contributed by atoms with E-state index in [0.29, 0.717) is 55.8 Å². The zero-order valence-electron chi connectivity index (χ0n) is 47.4. The predicted molar refractivity (Wildman–Crippen MR) is 304 cm³/mol. The summed E-state index contributed by atoms with van der Waals surface area (Å²) >= 11 is -3.21. The number of aryl methyl sites for hydroxylation is 2. The van der Waals surface area contributed by atoms with E-state index in [0.717, 1.165) is 22.3 Å². The molecule has 6 rings (SSSR count). The molecule has 4 N–H and O–H groups in total. The summed E-state index contributed by atoms with van der Waals surface area (Å²) in [4.78, 5) is 0. The second-order valence-electron chi connectivity index (χ2n) is 24.5. The van der Waals surface area contributed by atoms with Crippen molar-refractivity contribution in [3.63, 3.8) is 0 Å². The van der Waals surface area contributed by atoms with Crippen LogP contribution in [0.3, 0.4) is 0 Å². The summed E-state index contributed by atoms with van der Waals surface area (Å²) in [6, 6.07) is 30.4. The average molecular weight is 1120 g/mol. The maximum Gasteiger partial charge on any atom is 0 e. The molecule has 0 saturated heterocycles. The molecule has 0 aliphatic rings. The minimum Gasteiger partial charge on any atom is -0.358 e. The summed E-state index contributed by atoms with van der Waals surface area (Å²) in [6.45, 7) is 39.5. The third-order valence-corrected chi connectivity index (χ3v) is 27.1. The van der Waals surface area contributed by atoms with Crippen LogP contribution in [0.2, 0.25) is 9.50 Å². The van der Waals surface area contributed by atoms with Crippen molar-refractivity contribution in [2.24, 2.45) is 0 Å². The SMILES string of the molecule is Cc1cc(-c2cc(C(C)(C)C)cc(C(C)(C)C)c2)c(O)c(-c2cc(F)ccc2[OH+][CH2][Ge]([CH2][OH+]c2ccc(F)cc2-c2cc(C)cc(-c3cc(C(C)(C)C)cc(C(C)(C)C)c3)c2O)([CH](C)C)[CH](C)C)c1.[CH3-].[CH3-].[Zr]. The number of aliphatic hydroxyl groups is 2. The molecule has 0 atom stereocenters. The topological polar surface area (TPSA) is 66.1 Å². The Bertz CT molecular complexity index is 2590. The molecule has 388 valence electrons. The molecule has 8 heteroatoms. The van der Waals surface area contributed by atoms with Crippen LogP contribution in [0, 0.1) is 40.3 Å². The van der Waals surface area contributed by atoms with Crippen molar-refractivity contribution in [3.8, 4) is 67.5 Å². The molecule has 0 aliphatic heterocycles. The molecule has 6 aromatic carbocycles. The number of aromatic hydroxyl groups is 4. The van der Waals surface area contributed by atoms with E-state index >= 15 is 8.78 Å². The van der Waals surface area contributed by atoms with Crippen molar-refractivity contribution in [1.29, 1.82) is 0 Å². The van der Waals surface area contributed by atoms with E-state index in [1.165, 1.54) is 46.5 Å². The molecule has 0 fully saturated rings. The number of benzene rings is 6. The van der Waals surface area contributed by atoms with Gasteiger partial charge in [-0.15, -0.1) is 0 Å². The van der Waals surface area contributed by atoms with Gasteiger partial charge in [0.15, 0.2) is 0 Å². The number of hydrogen-bond donors (Lipinski definition) is 2. The minimum absolute atomic E-state index is 0. The first-order chi connectivity index (χ1) is 31.8. The van der Waals surface area contributed by atoms with Crippen LogP contribution >= 0.6 is 0 Å². The smallest absolute Gasteiger partial charge is 0 e. The molecule has 0 radical (unpaired) electrons. The van der Waals surface area contributed by atoms with E-state index in [4.69, 9.17) is 9.47 Å². The van der Waals surface area contributed by atoms with E-state index in [9.17, 15) is 10.2 Å². The number of rotatable bonds is 12. The van der Waals surface area contributed by atoms with Crippen LogP contribution in [0.25, 0.3) is 44.5 Å². The fraction of sp³-hybridized carbons (Fsp3) is 0.406. The average Bonchev–Trinajstić information content (AvgIpc) is 3.24. The van der Waals surface area contributed by atoms with Gasteiger partial charge >= 0.3 is 418 Å². The van der Waals surface area contributed by atoms with Crippen molar-refractivity contribution in [1.82, 2.24) is 0 Å². The van der Waals surface area contributed by atoms with Crippen molar-refractivity contribution in [3.05, 3.63) is 157 Å². The van der Waals surface area contributed by atoms with Gasteiger partial charge in [0.05, 0.1) is 0 Å². The Kier molecular flexibility index (Phi) is 20.0. The quantitative estimate of drug-likeness (QED) is 0.0728. The van der Waals surface area contributed by atoms with Gasteiger partial charge in [0, 0.05) is 26.2 Å². The fourth-order valence-electron chi connectivity index (χ4n) is 9.34. The van der Waals surface area contributed by atoms with Gasteiger partial charge in [0.2, 0.25) is 0 Å². The molecule has 0 saturated carbocycles. The first kappa shape index (κ1) is 62.1. The van der Waals surface area contributed by atoms with Crippen molar-refractivity contribution in [2.75, 3.05) is 10.9 Å². The Morgan fingerprint density at radius 3 is 0.972 bits per heavy atom. The Morgan fingerprint density at radius 2 is 0.708 bits per heavy atom. The third-order valence-electron chi connectivity index (χ3n) is 14.3. The molecule has 0 amide bonds. The van der Waals surface area contributed by atoms with Crippen LogP contribution in [0.1, 0.15) is 144 Å². The number of ether oxygens (including phenoxy) is 2. The van der Waals surface area contributed by atoms with Gasteiger partial charge in [0.25, 0.3) is 0 Å². The van der Waals surface area contributed by atoms with Crippen molar-refractivity contribution in [2.45, 2.75) is 156 Å². The molecule has 0 spiro atoms. The molecule has 72 heavy (non-hydrogen) atoms. The van der Waals surface area contributed by atoms with Gasteiger partial charge in [-0.3, -0.25) is 0 Å². The van der Waals surface area contributed by atoms with E-state index in [1.807, 2.05) is 38.1 Å². The van der Waals surface area contributed by atoms with Crippen molar-refractivity contribution >= 4 is 13.3 Å². The number of hydrogen-bond acceptors (Lipinski definition) is 2. The Morgan fingerprint density at radius 1 is 0.431 bits per heavy atom. The number of halogens is 2. The van der Waals surface area contributed by atoms with Crippen LogP contribution in [0.4, 0.5) is 8.78 Å². The van der Waals surface area contributed by atoms with Crippen LogP contribution in [0.5, 0.6) is 23.0 Å². The van der Waals surface area contributed by atoms with E-state index in [1.54, 1.807) is 12.1 Å². The van der Waals surface area contributed by atoms with Crippen LogP contribution in [-0.4, -0.2) is 43.8 Å². The summed E-state index contributed by atoms with van der Waals surface area (Å²) in [5.41, 5.74) is 12.5. The molecular weight excluding hydrogens is 1030 g/mol. The van der Waals surface area contributed by atoms with Crippen LogP contribution < -0.4 is 0 Å². The molecule has 0 heterocycles. The Labute approximate surface area is 455 Å². The third kappa shape index (κ3) is 13.7. The molecular formula is C64H86F2GeO4Zr. The largest absolute Gasteiger partial charge is 0.358 e. The summed E-state index contributed by atoms with van der Waals surface area (Å²) in [6.07, 6.45) is 0. The van der Waals surface area contributed by atoms with Gasteiger partial charge < -0.3 is 14.9 Å². The first-order valence-corrected chi connectivity index (χ1v) is 30.1. The van der Waals surface area contributed by atoms with Gasteiger partial charge in [-0.2, -0.15) is 0 Å². The fourth-order valence-corrected chi connectivity index (χ4v) is 17.4. The second kappa shape index (κ2) is 23.1. The molecule has 4 nitrogen and oxygen atoms in total. The second-order valence-corrected chi connectivity index (χ2v) is 35.9. The summed E-state index contributed by atoms with van der Waals surface area (Å²) < 4.78 is 42.2. The van der Waals surface area contributed by atoms with Crippen LogP contribution in [-0.2, 0) is 47.9 Å². The minimum atomic E-state index is -3.21. The van der Waals surface area contributed by atoms with E-state index in [-0.39, 0.29) is 83.7 Å². The van der Waals surface area contributed by atoms with Crippen molar-refractivity contribution < 1.29 is 54.7 Å². The maximum atomic E-state index is 15.4. The monoisotopic (exact) mass is 1120 g/mol. The van der Waals surface area contributed by atoms with E-state index in [2.05, 4.69) is 147 Å². The molecule has 0 unspecified atom stereocenters. The summed E-state index contributed by atoms with van der Waals surface area (Å²) in [5, 5.41) is 24.5. The van der Waals surface area contributed by atoms with Gasteiger partial charge in [-0.25, -0.2) is 0 Å². The number of phenols is 2. The normalized spacial score (nSPS) is 12.3. The van der Waals surface area contributed by atoms with Crippen LogP contribution in [0.15, 0.2) is 97.1 Å². The van der Waals surface area contributed by atoms with Gasteiger partial charge in [-0.05, 0) is 0 Å². The standard InChI is InChI=1S/C62H78F2GeO4.2CH3.Zr/c1-37(2)65(38(3)4,35-68-55-21-19-47(63)33-51(55)53-25-39(5)23-49(57(53)66)41-27-43(59(7,8)9)31-44(28-41)60(10,11)12)36-69-56-22-20-48(64)34-52(56)54-26-40(6)24-50(58(54)67)42-29-45(61(13,14)15)32-46(30-42)62(16,17)18;;;/h19-34,37-38,66-67H,35-36H2,1-18H3;2*1H3;/q;2*-1;/p+2. The summed E-state index contributed by atoms with van der Waals surface area (Å²) in [5.74, 6) is 0.592. The Hall–Kier alpha value is -4.19. The molecule has 0 aromatic heterocycles. The molecule has 6 aromatic rings. The summed E-state index contributed by atoms with van der Waals surface area (Å²) in [7, 11) is 0.